The second kappa shape index (κ2) is 10.7. The van der Waals surface area contributed by atoms with Gasteiger partial charge in [-0.05, 0) is 48.4 Å². The summed E-state index contributed by atoms with van der Waals surface area (Å²) in [5, 5.41) is 14.7. The van der Waals surface area contributed by atoms with Gasteiger partial charge in [-0.3, -0.25) is 9.59 Å². The number of anilines is 1. The number of rotatable bonds is 8. The van der Waals surface area contributed by atoms with E-state index in [1.807, 2.05) is 61.5 Å². The topological polar surface area (TPSA) is 95.5 Å². The smallest absolute Gasteiger partial charge is 0.335 e. The molecule has 0 aliphatic heterocycles. The maximum absolute atomic E-state index is 13.0. The first-order valence-electron chi connectivity index (χ1n) is 10.2. The molecule has 6 heteroatoms. The molecule has 0 heterocycles. The lowest BCUT2D eigenvalue weighted by molar-refractivity contribution is -0.116. The summed E-state index contributed by atoms with van der Waals surface area (Å²) >= 11 is 0. The van der Waals surface area contributed by atoms with E-state index in [0.717, 1.165) is 11.1 Å². The van der Waals surface area contributed by atoms with E-state index in [1.54, 1.807) is 12.1 Å². The maximum Gasteiger partial charge on any atom is 0.335 e. The Bertz CT molecular complexity index is 1120. The highest BCUT2D eigenvalue weighted by Crippen LogP contribution is 2.20. The molecule has 0 unspecified atom stereocenters. The zero-order valence-electron chi connectivity index (χ0n) is 17.6. The maximum atomic E-state index is 13.0. The van der Waals surface area contributed by atoms with Crippen LogP contribution < -0.4 is 10.6 Å². The molecule has 3 aromatic rings. The van der Waals surface area contributed by atoms with Gasteiger partial charge < -0.3 is 15.7 Å². The Labute approximate surface area is 186 Å². The Morgan fingerprint density at radius 2 is 1.56 bits per heavy atom. The van der Waals surface area contributed by atoms with Gasteiger partial charge in [-0.25, -0.2) is 4.79 Å². The first-order chi connectivity index (χ1) is 15.5. The highest BCUT2D eigenvalue weighted by molar-refractivity contribution is 5.99. The van der Waals surface area contributed by atoms with E-state index >= 15 is 0 Å². The van der Waals surface area contributed by atoms with Crippen molar-refractivity contribution in [3.63, 3.8) is 0 Å². The van der Waals surface area contributed by atoms with Gasteiger partial charge in [0.2, 0.25) is 5.91 Å². The molecule has 0 aliphatic carbocycles. The van der Waals surface area contributed by atoms with E-state index in [9.17, 15) is 14.4 Å². The van der Waals surface area contributed by atoms with Gasteiger partial charge in [-0.2, -0.15) is 0 Å². The quantitative estimate of drug-likeness (QED) is 0.475. The predicted octanol–water partition coefficient (Wildman–Crippen LogP) is 4.92. The third-order valence-corrected chi connectivity index (χ3v) is 4.86. The van der Waals surface area contributed by atoms with Crippen LogP contribution in [-0.4, -0.2) is 22.9 Å². The molecular formula is C26H24N2O4. The van der Waals surface area contributed by atoms with Crippen LogP contribution in [0, 0.1) is 0 Å². The standard InChI is InChI=1S/C26H24N2O4/c1-2-8-18-9-6-7-12-22(18)25(30)28-23(19-10-4-3-5-11-19)17-24(29)27-21-15-13-20(14-16-21)26(31)32/h2-16,23H,17H2,1H3,(H,27,29)(H,28,30)(H,31,32)/b8-2+/t23-/m0/s1. The number of carbonyl (C=O) groups is 3. The summed E-state index contributed by atoms with van der Waals surface area (Å²) in [7, 11) is 0. The summed E-state index contributed by atoms with van der Waals surface area (Å²) in [6.07, 6.45) is 3.74. The van der Waals surface area contributed by atoms with Crippen LogP contribution >= 0.6 is 0 Å². The monoisotopic (exact) mass is 428 g/mol. The van der Waals surface area contributed by atoms with Crippen LogP contribution in [0.4, 0.5) is 5.69 Å². The summed E-state index contributed by atoms with van der Waals surface area (Å²) in [5.74, 6) is -1.61. The second-order valence-corrected chi connectivity index (χ2v) is 7.16. The lowest BCUT2D eigenvalue weighted by atomic mass is 10.0. The molecule has 0 aromatic heterocycles. The molecular weight excluding hydrogens is 404 g/mol. The number of carboxylic acids is 1. The average Bonchev–Trinajstić information content (AvgIpc) is 2.80. The molecule has 0 spiro atoms. The number of benzene rings is 3. The Kier molecular flexibility index (Phi) is 7.54. The molecule has 1 atom stereocenters. The van der Waals surface area contributed by atoms with Gasteiger partial charge >= 0.3 is 5.97 Å². The van der Waals surface area contributed by atoms with Gasteiger partial charge in [0.1, 0.15) is 0 Å². The fraction of sp³-hybridized carbons (Fsp3) is 0.115. The zero-order chi connectivity index (χ0) is 22.9. The molecule has 2 amide bonds. The van der Waals surface area contributed by atoms with E-state index in [-0.39, 0.29) is 23.8 Å². The van der Waals surface area contributed by atoms with Crippen LogP contribution in [0.5, 0.6) is 0 Å². The molecule has 3 N–H and O–H groups in total. The second-order valence-electron chi connectivity index (χ2n) is 7.16. The molecule has 3 aromatic carbocycles. The molecule has 32 heavy (non-hydrogen) atoms. The normalized spacial score (nSPS) is 11.7. The van der Waals surface area contributed by atoms with Crippen molar-refractivity contribution in [3.05, 3.63) is 107 Å². The van der Waals surface area contributed by atoms with Crippen molar-refractivity contribution in [2.45, 2.75) is 19.4 Å². The van der Waals surface area contributed by atoms with Crippen molar-refractivity contribution in [3.8, 4) is 0 Å². The average molecular weight is 428 g/mol. The Balaban J connectivity index is 1.77. The van der Waals surface area contributed by atoms with Gasteiger partial charge in [-0.15, -0.1) is 0 Å². The van der Waals surface area contributed by atoms with Crippen LogP contribution in [0.1, 0.15) is 51.2 Å². The fourth-order valence-electron chi connectivity index (χ4n) is 3.30. The largest absolute Gasteiger partial charge is 0.478 e. The van der Waals surface area contributed by atoms with Crippen LogP contribution in [0.25, 0.3) is 6.08 Å². The summed E-state index contributed by atoms with van der Waals surface area (Å²) in [6, 6.07) is 21.9. The summed E-state index contributed by atoms with van der Waals surface area (Å²) in [5.41, 5.74) is 2.74. The minimum atomic E-state index is -1.03. The molecule has 0 aliphatic rings. The molecule has 162 valence electrons. The van der Waals surface area contributed by atoms with E-state index < -0.39 is 12.0 Å². The van der Waals surface area contributed by atoms with Gasteiger partial charge in [0.05, 0.1) is 18.0 Å². The Hall–Kier alpha value is -4.19. The lowest BCUT2D eigenvalue weighted by Crippen LogP contribution is -2.32. The van der Waals surface area contributed by atoms with E-state index in [2.05, 4.69) is 10.6 Å². The number of hydrogen-bond acceptors (Lipinski definition) is 3. The lowest BCUT2D eigenvalue weighted by Gasteiger charge is -2.20. The first kappa shape index (κ1) is 22.5. The predicted molar refractivity (Wildman–Crippen MR) is 124 cm³/mol. The first-order valence-corrected chi connectivity index (χ1v) is 10.2. The molecule has 0 bridgehead atoms. The van der Waals surface area contributed by atoms with E-state index in [4.69, 9.17) is 5.11 Å². The molecule has 6 nitrogen and oxygen atoms in total. The fourth-order valence-corrected chi connectivity index (χ4v) is 3.30. The molecule has 0 radical (unpaired) electrons. The van der Waals surface area contributed by atoms with Crippen molar-refractivity contribution in [2.75, 3.05) is 5.32 Å². The Morgan fingerprint density at radius 3 is 2.22 bits per heavy atom. The van der Waals surface area contributed by atoms with Gasteiger partial charge in [0.25, 0.3) is 5.91 Å². The third kappa shape index (κ3) is 5.92. The Morgan fingerprint density at radius 1 is 0.906 bits per heavy atom. The van der Waals surface area contributed by atoms with Crippen LogP contribution in [0.3, 0.4) is 0 Å². The molecule has 0 saturated heterocycles. The van der Waals surface area contributed by atoms with Gasteiger partial charge in [-0.1, -0.05) is 60.7 Å². The summed E-state index contributed by atoms with van der Waals surface area (Å²) in [4.78, 5) is 36.7. The minimum absolute atomic E-state index is 0.0161. The van der Waals surface area contributed by atoms with E-state index in [1.165, 1.54) is 24.3 Å². The van der Waals surface area contributed by atoms with Gasteiger partial charge in [0, 0.05) is 11.3 Å². The number of amides is 2. The van der Waals surface area contributed by atoms with Crippen molar-refractivity contribution in [2.24, 2.45) is 0 Å². The third-order valence-electron chi connectivity index (χ3n) is 4.86. The van der Waals surface area contributed by atoms with Crippen LogP contribution in [0.2, 0.25) is 0 Å². The van der Waals surface area contributed by atoms with Crippen molar-refractivity contribution in [1.29, 1.82) is 0 Å². The number of carboxylic acid groups (broad SMARTS) is 1. The number of hydrogen-bond donors (Lipinski definition) is 3. The highest BCUT2D eigenvalue weighted by atomic mass is 16.4. The number of carbonyl (C=O) groups excluding carboxylic acids is 2. The van der Waals surface area contributed by atoms with Crippen molar-refractivity contribution >= 4 is 29.5 Å². The number of aromatic carboxylic acids is 1. The highest BCUT2D eigenvalue weighted by Gasteiger charge is 2.20. The number of allylic oxidation sites excluding steroid dienone is 1. The van der Waals surface area contributed by atoms with Crippen molar-refractivity contribution in [1.82, 2.24) is 5.32 Å². The molecule has 0 saturated carbocycles. The zero-order valence-corrected chi connectivity index (χ0v) is 17.6. The SMILES string of the molecule is C/C=C/c1ccccc1C(=O)N[C@@H](CC(=O)Nc1ccc(C(=O)O)cc1)c1ccccc1. The van der Waals surface area contributed by atoms with Crippen molar-refractivity contribution < 1.29 is 19.5 Å². The number of nitrogens with one attached hydrogen (secondary N) is 2. The van der Waals surface area contributed by atoms with Crippen LogP contribution in [-0.2, 0) is 4.79 Å². The van der Waals surface area contributed by atoms with Crippen LogP contribution in [0.15, 0.2) is 84.9 Å². The molecule has 0 fully saturated rings. The minimum Gasteiger partial charge on any atom is -0.478 e. The summed E-state index contributed by atoms with van der Waals surface area (Å²) in [6.45, 7) is 1.88. The van der Waals surface area contributed by atoms with E-state index in [0.29, 0.717) is 11.3 Å². The van der Waals surface area contributed by atoms with Gasteiger partial charge in [0.15, 0.2) is 0 Å². The molecule has 3 rings (SSSR count). The summed E-state index contributed by atoms with van der Waals surface area (Å²) < 4.78 is 0.